The van der Waals surface area contributed by atoms with E-state index < -0.39 is 18.0 Å². The molecule has 1 unspecified atom stereocenters. The van der Waals surface area contributed by atoms with Crippen LogP contribution in [0, 0.1) is 12.8 Å². The van der Waals surface area contributed by atoms with Gasteiger partial charge >= 0.3 is 11.9 Å². The molecular formula is C21H22ClNO5. The summed E-state index contributed by atoms with van der Waals surface area (Å²) < 4.78 is 10.0. The van der Waals surface area contributed by atoms with Gasteiger partial charge in [-0.05, 0) is 31.0 Å². The van der Waals surface area contributed by atoms with Crippen LogP contribution in [0.15, 0.2) is 41.4 Å². The van der Waals surface area contributed by atoms with E-state index in [-0.39, 0.29) is 28.0 Å². The average Bonchev–Trinajstić information content (AvgIpc) is 2.64. The van der Waals surface area contributed by atoms with Crippen LogP contribution < -0.4 is 4.74 Å². The number of methoxy groups -OCH3 is 1. The topological polar surface area (TPSA) is 85.2 Å². The Labute approximate surface area is 168 Å². The Kier molecular flexibility index (Phi) is 7.18. The van der Waals surface area contributed by atoms with E-state index in [0.29, 0.717) is 5.56 Å². The molecule has 0 saturated heterocycles. The first-order chi connectivity index (χ1) is 13.2. The van der Waals surface area contributed by atoms with E-state index in [1.807, 2.05) is 26.8 Å². The SMILES string of the molecule is COC(=O)C(N=Cc1cc(Cl)cc(OC(=O)c2cccc(C)c2)c1O)C(C)C. The zero-order chi connectivity index (χ0) is 20.8. The molecule has 0 radical (unpaired) electrons. The lowest BCUT2D eigenvalue weighted by atomic mass is 10.1. The Morgan fingerprint density at radius 2 is 1.93 bits per heavy atom. The third kappa shape index (κ3) is 5.33. The highest BCUT2D eigenvalue weighted by molar-refractivity contribution is 6.31. The van der Waals surface area contributed by atoms with Crippen molar-refractivity contribution >= 4 is 29.8 Å². The van der Waals surface area contributed by atoms with Crippen molar-refractivity contribution in [3.63, 3.8) is 0 Å². The highest BCUT2D eigenvalue weighted by atomic mass is 35.5. The second-order valence-electron chi connectivity index (χ2n) is 6.59. The van der Waals surface area contributed by atoms with Crippen LogP contribution in [-0.4, -0.2) is 36.4 Å². The summed E-state index contributed by atoms with van der Waals surface area (Å²) in [5.74, 6) is -1.62. The van der Waals surface area contributed by atoms with Gasteiger partial charge in [0.25, 0.3) is 0 Å². The van der Waals surface area contributed by atoms with Crippen molar-refractivity contribution in [3.8, 4) is 11.5 Å². The van der Waals surface area contributed by atoms with E-state index >= 15 is 0 Å². The number of carbonyl (C=O) groups excluding carboxylic acids is 2. The van der Waals surface area contributed by atoms with Crippen molar-refractivity contribution in [1.82, 2.24) is 0 Å². The zero-order valence-electron chi connectivity index (χ0n) is 16.1. The number of esters is 2. The van der Waals surface area contributed by atoms with Gasteiger partial charge in [0.15, 0.2) is 11.5 Å². The number of carbonyl (C=O) groups is 2. The van der Waals surface area contributed by atoms with Crippen LogP contribution in [0.3, 0.4) is 0 Å². The highest BCUT2D eigenvalue weighted by Gasteiger charge is 2.22. The molecule has 0 aliphatic carbocycles. The van der Waals surface area contributed by atoms with Crippen molar-refractivity contribution in [2.24, 2.45) is 10.9 Å². The molecule has 0 heterocycles. The Morgan fingerprint density at radius 1 is 1.21 bits per heavy atom. The van der Waals surface area contributed by atoms with Crippen LogP contribution >= 0.6 is 11.6 Å². The van der Waals surface area contributed by atoms with Gasteiger partial charge in [-0.1, -0.05) is 43.1 Å². The van der Waals surface area contributed by atoms with Gasteiger partial charge in [0.1, 0.15) is 6.04 Å². The molecule has 1 N–H and O–H groups in total. The smallest absolute Gasteiger partial charge is 0.343 e. The molecule has 2 aromatic carbocycles. The normalized spacial score (nSPS) is 12.2. The number of aromatic hydroxyl groups is 1. The van der Waals surface area contributed by atoms with E-state index in [1.165, 1.54) is 25.5 Å². The largest absolute Gasteiger partial charge is 0.504 e. The fourth-order valence-electron chi connectivity index (χ4n) is 2.49. The van der Waals surface area contributed by atoms with Crippen molar-refractivity contribution in [2.45, 2.75) is 26.8 Å². The summed E-state index contributed by atoms with van der Waals surface area (Å²) in [5.41, 5.74) is 1.47. The number of aryl methyl sites for hydroxylation is 1. The van der Waals surface area contributed by atoms with E-state index in [9.17, 15) is 14.7 Å². The molecule has 148 valence electrons. The molecule has 2 aromatic rings. The first-order valence-electron chi connectivity index (χ1n) is 8.65. The highest BCUT2D eigenvalue weighted by Crippen LogP contribution is 2.33. The molecule has 6 nitrogen and oxygen atoms in total. The number of aliphatic imine (C=N–C) groups is 1. The van der Waals surface area contributed by atoms with Crippen LogP contribution in [0.5, 0.6) is 11.5 Å². The minimum atomic E-state index is -0.735. The van der Waals surface area contributed by atoms with Crippen LogP contribution in [0.1, 0.15) is 35.3 Å². The molecule has 0 bridgehead atoms. The lowest BCUT2D eigenvalue weighted by Crippen LogP contribution is -2.26. The molecule has 0 aliphatic heterocycles. The molecule has 0 aromatic heterocycles. The maximum atomic E-state index is 12.4. The monoisotopic (exact) mass is 403 g/mol. The van der Waals surface area contributed by atoms with Gasteiger partial charge in [-0.2, -0.15) is 0 Å². The predicted molar refractivity (Wildman–Crippen MR) is 107 cm³/mol. The molecule has 28 heavy (non-hydrogen) atoms. The van der Waals surface area contributed by atoms with Gasteiger partial charge in [0.05, 0.1) is 12.7 Å². The standard InChI is InChI=1S/C21H22ClNO5/c1-12(2)18(21(26)27-4)23-11-15-9-16(22)10-17(19(15)24)28-20(25)14-7-5-6-13(3)8-14/h5-12,18,24H,1-4H3. The Hall–Kier alpha value is -2.86. The van der Waals surface area contributed by atoms with Crippen LogP contribution in [0.4, 0.5) is 0 Å². The maximum Gasteiger partial charge on any atom is 0.343 e. The van der Waals surface area contributed by atoms with Crippen LogP contribution in [0.2, 0.25) is 5.02 Å². The van der Waals surface area contributed by atoms with Gasteiger partial charge < -0.3 is 14.6 Å². The van der Waals surface area contributed by atoms with Crippen LogP contribution in [-0.2, 0) is 9.53 Å². The fourth-order valence-corrected chi connectivity index (χ4v) is 2.70. The molecule has 0 aliphatic rings. The summed E-state index contributed by atoms with van der Waals surface area (Å²) in [6.45, 7) is 5.51. The van der Waals surface area contributed by atoms with E-state index in [2.05, 4.69) is 4.99 Å². The van der Waals surface area contributed by atoms with Gasteiger partial charge in [0, 0.05) is 22.9 Å². The minimum Gasteiger partial charge on any atom is -0.504 e. The lowest BCUT2D eigenvalue weighted by molar-refractivity contribution is -0.143. The number of halogens is 1. The van der Waals surface area contributed by atoms with E-state index in [1.54, 1.807) is 18.2 Å². The molecule has 1 atom stereocenters. The number of rotatable bonds is 6. The fraction of sp³-hybridized carbons (Fsp3) is 0.286. The summed E-state index contributed by atoms with van der Waals surface area (Å²) in [4.78, 5) is 28.4. The van der Waals surface area contributed by atoms with Crippen molar-refractivity contribution in [1.29, 1.82) is 0 Å². The summed E-state index contributed by atoms with van der Waals surface area (Å²) >= 11 is 6.09. The number of hydrogen-bond donors (Lipinski definition) is 1. The molecule has 0 saturated carbocycles. The summed E-state index contributed by atoms with van der Waals surface area (Å²) in [5, 5.41) is 10.7. The van der Waals surface area contributed by atoms with E-state index in [0.717, 1.165) is 5.56 Å². The van der Waals surface area contributed by atoms with Gasteiger partial charge in [-0.3, -0.25) is 4.99 Å². The molecular weight excluding hydrogens is 382 g/mol. The number of phenols is 1. The average molecular weight is 404 g/mol. The molecule has 7 heteroatoms. The number of benzene rings is 2. The second kappa shape index (κ2) is 9.37. The van der Waals surface area contributed by atoms with Crippen molar-refractivity contribution in [2.75, 3.05) is 7.11 Å². The summed E-state index contributed by atoms with van der Waals surface area (Å²) in [6.07, 6.45) is 1.31. The number of hydrogen-bond acceptors (Lipinski definition) is 6. The number of ether oxygens (including phenoxy) is 2. The molecule has 0 fully saturated rings. The minimum absolute atomic E-state index is 0.0976. The first kappa shape index (κ1) is 21.4. The van der Waals surface area contributed by atoms with E-state index in [4.69, 9.17) is 21.1 Å². The third-order valence-electron chi connectivity index (χ3n) is 3.97. The number of nitrogens with zero attached hydrogens (tertiary/aromatic N) is 1. The maximum absolute atomic E-state index is 12.4. The molecule has 0 spiro atoms. The second-order valence-corrected chi connectivity index (χ2v) is 7.03. The Bertz CT molecular complexity index is 908. The van der Waals surface area contributed by atoms with Crippen LogP contribution in [0.25, 0.3) is 0 Å². The zero-order valence-corrected chi connectivity index (χ0v) is 16.9. The Morgan fingerprint density at radius 3 is 2.54 bits per heavy atom. The van der Waals surface area contributed by atoms with Gasteiger partial charge in [-0.15, -0.1) is 0 Å². The van der Waals surface area contributed by atoms with Crippen molar-refractivity contribution in [3.05, 3.63) is 58.1 Å². The predicted octanol–water partition coefficient (Wildman–Crippen LogP) is 4.19. The third-order valence-corrected chi connectivity index (χ3v) is 4.19. The number of phenolic OH excluding ortho intramolecular Hbond substituents is 1. The summed E-state index contributed by atoms with van der Waals surface area (Å²) in [7, 11) is 1.28. The summed E-state index contributed by atoms with van der Waals surface area (Å²) in [6, 6.07) is 8.94. The van der Waals surface area contributed by atoms with Gasteiger partial charge in [-0.25, -0.2) is 9.59 Å². The Balaban J connectivity index is 2.31. The van der Waals surface area contributed by atoms with Crippen molar-refractivity contribution < 1.29 is 24.2 Å². The van der Waals surface area contributed by atoms with Gasteiger partial charge in [0.2, 0.25) is 0 Å². The lowest BCUT2D eigenvalue weighted by Gasteiger charge is -2.14. The molecule has 2 rings (SSSR count). The quantitative estimate of drug-likeness (QED) is 0.444. The molecule has 0 amide bonds. The first-order valence-corrected chi connectivity index (χ1v) is 9.03.